The fourth-order valence-corrected chi connectivity index (χ4v) is 4.64. The highest BCUT2D eigenvalue weighted by atomic mass is 32.2. The van der Waals surface area contributed by atoms with Crippen LogP contribution in [0.1, 0.15) is 18.4 Å². The van der Waals surface area contributed by atoms with E-state index in [4.69, 9.17) is 5.73 Å². The third-order valence-electron chi connectivity index (χ3n) is 4.68. The highest BCUT2D eigenvalue weighted by Gasteiger charge is 2.30. The Morgan fingerprint density at radius 3 is 2.72 bits per heavy atom. The fraction of sp³-hybridized carbons (Fsp3) is 0.278. The lowest BCUT2D eigenvalue weighted by atomic mass is 10.1. The monoisotopic (exact) mass is 422 g/mol. The van der Waals surface area contributed by atoms with E-state index >= 15 is 0 Å². The summed E-state index contributed by atoms with van der Waals surface area (Å²) in [5.74, 6) is -1.64. The molecule has 1 atom stereocenters. The molecule has 154 valence electrons. The smallest absolute Gasteiger partial charge is 0.325 e. The predicted octanol–water partition coefficient (Wildman–Crippen LogP) is 1.98. The van der Waals surface area contributed by atoms with E-state index in [0.717, 1.165) is 30.2 Å². The second-order valence-corrected chi connectivity index (χ2v) is 8.33. The van der Waals surface area contributed by atoms with Gasteiger partial charge >= 0.3 is 5.69 Å². The van der Waals surface area contributed by atoms with E-state index in [-0.39, 0.29) is 11.7 Å². The highest BCUT2D eigenvalue weighted by Crippen LogP contribution is 2.29. The second kappa shape index (κ2) is 8.13. The van der Waals surface area contributed by atoms with Crippen molar-refractivity contribution in [2.45, 2.75) is 30.3 Å². The van der Waals surface area contributed by atoms with E-state index in [1.54, 1.807) is 18.2 Å². The molecule has 29 heavy (non-hydrogen) atoms. The van der Waals surface area contributed by atoms with E-state index in [2.05, 4.69) is 4.72 Å². The number of anilines is 1. The summed E-state index contributed by atoms with van der Waals surface area (Å²) in [6.45, 7) is 1.09. The van der Waals surface area contributed by atoms with Gasteiger partial charge in [-0.15, -0.1) is 0 Å². The van der Waals surface area contributed by atoms with Crippen LogP contribution in [0, 0.1) is 15.9 Å². The number of amides is 1. The second-order valence-electron chi connectivity index (χ2n) is 6.68. The molecule has 1 heterocycles. The number of likely N-dealkylation sites (tertiary alicyclic amines) is 1. The number of halogens is 1. The van der Waals surface area contributed by atoms with E-state index in [9.17, 15) is 27.7 Å². The maximum absolute atomic E-state index is 13.8. The largest absolute Gasteiger partial charge is 0.368 e. The Hall–Kier alpha value is -3.05. The molecule has 1 aliphatic heterocycles. The molecule has 1 amide bonds. The molecule has 0 bridgehead atoms. The number of benzene rings is 2. The first-order chi connectivity index (χ1) is 13.7. The van der Waals surface area contributed by atoms with Crippen LogP contribution in [0.25, 0.3) is 0 Å². The van der Waals surface area contributed by atoms with Gasteiger partial charge in [0.05, 0.1) is 11.0 Å². The topological polar surface area (TPSA) is 136 Å². The van der Waals surface area contributed by atoms with Crippen molar-refractivity contribution in [3.63, 3.8) is 0 Å². The first-order valence-electron chi connectivity index (χ1n) is 8.77. The predicted molar refractivity (Wildman–Crippen MR) is 103 cm³/mol. The molecule has 0 unspecified atom stereocenters. The minimum Gasteiger partial charge on any atom is -0.368 e. The van der Waals surface area contributed by atoms with Crippen LogP contribution in [-0.4, -0.2) is 36.7 Å². The molecule has 0 aliphatic carbocycles. The number of para-hydroxylation sites is 1. The molecule has 3 rings (SSSR count). The zero-order chi connectivity index (χ0) is 21.2. The van der Waals surface area contributed by atoms with Crippen molar-refractivity contribution in [3.8, 4) is 0 Å². The number of carbonyl (C=O) groups excluding carboxylic acids is 1. The molecule has 1 saturated heterocycles. The summed E-state index contributed by atoms with van der Waals surface area (Å²) in [6, 6.07) is 8.91. The summed E-state index contributed by atoms with van der Waals surface area (Å²) < 4.78 is 41.3. The Kier molecular flexibility index (Phi) is 5.80. The summed E-state index contributed by atoms with van der Waals surface area (Å²) in [7, 11) is -4.40. The van der Waals surface area contributed by atoms with Gasteiger partial charge in [-0.05, 0) is 49.2 Å². The lowest BCUT2D eigenvalue weighted by Gasteiger charge is -2.22. The average Bonchev–Trinajstić information content (AvgIpc) is 3.09. The molecule has 2 aromatic rings. The van der Waals surface area contributed by atoms with Gasteiger partial charge < -0.3 is 5.73 Å². The molecular formula is C18H19FN4O5S. The van der Waals surface area contributed by atoms with Crippen molar-refractivity contribution < 1.29 is 22.5 Å². The third kappa shape index (κ3) is 4.51. The van der Waals surface area contributed by atoms with Gasteiger partial charge in [0, 0.05) is 12.2 Å². The lowest BCUT2D eigenvalue weighted by molar-refractivity contribution is -0.390. The van der Waals surface area contributed by atoms with Crippen molar-refractivity contribution >= 4 is 27.3 Å². The zero-order valence-electron chi connectivity index (χ0n) is 15.2. The summed E-state index contributed by atoms with van der Waals surface area (Å²) in [5.41, 5.74) is 5.19. The Morgan fingerprint density at radius 2 is 2.03 bits per heavy atom. The van der Waals surface area contributed by atoms with Crippen LogP contribution in [0.4, 0.5) is 15.8 Å². The molecule has 0 saturated carbocycles. The number of nitrogens with two attached hydrogens (primary N) is 1. The van der Waals surface area contributed by atoms with Crippen molar-refractivity contribution in [1.29, 1.82) is 0 Å². The molecule has 3 N–H and O–H groups in total. The van der Waals surface area contributed by atoms with Crippen molar-refractivity contribution in [3.05, 3.63) is 64.0 Å². The lowest BCUT2D eigenvalue weighted by Crippen LogP contribution is -2.39. The maximum Gasteiger partial charge on any atom is 0.325 e. The molecule has 2 aromatic carbocycles. The molecule has 0 aromatic heterocycles. The number of nitrogens with zero attached hydrogens (tertiary/aromatic N) is 2. The molecule has 0 radical (unpaired) electrons. The van der Waals surface area contributed by atoms with Gasteiger partial charge in [-0.2, -0.15) is 4.39 Å². The standard InChI is InChI=1S/C18H19FN4O5S/c19-14-6-2-8-16(17(14)23(25)26)29(27,28)21-13-5-1-4-12(10-13)11-22-9-3-7-15(22)18(20)24/h1-2,4-6,8,10,15,21H,3,7,9,11H2,(H2,20,24)/t15-/m0/s1. The number of carbonyl (C=O) groups is 1. The Morgan fingerprint density at radius 1 is 1.31 bits per heavy atom. The van der Waals surface area contributed by atoms with Crippen LogP contribution in [0.15, 0.2) is 47.4 Å². The number of hydrogen-bond acceptors (Lipinski definition) is 6. The number of nitrogens with one attached hydrogen (secondary N) is 1. The van der Waals surface area contributed by atoms with Crippen LogP contribution in [-0.2, 0) is 21.4 Å². The number of rotatable bonds is 7. The van der Waals surface area contributed by atoms with Gasteiger partial charge in [-0.3, -0.25) is 24.5 Å². The van der Waals surface area contributed by atoms with Gasteiger partial charge in [-0.25, -0.2) is 8.42 Å². The Bertz CT molecular complexity index is 1060. The average molecular weight is 422 g/mol. The summed E-state index contributed by atoms with van der Waals surface area (Å²) in [5, 5.41) is 11.1. The van der Waals surface area contributed by atoms with Gasteiger partial charge in [0.1, 0.15) is 0 Å². The molecule has 1 fully saturated rings. The fourth-order valence-electron chi connectivity index (χ4n) is 3.40. The number of nitro groups is 1. The van der Waals surface area contributed by atoms with Crippen LogP contribution in [0.3, 0.4) is 0 Å². The molecule has 1 aliphatic rings. The van der Waals surface area contributed by atoms with Gasteiger partial charge in [0.2, 0.25) is 11.7 Å². The molecule has 0 spiro atoms. The first kappa shape index (κ1) is 20.7. The van der Waals surface area contributed by atoms with Crippen LogP contribution in [0.5, 0.6) is 0 Å². The van der Waals surface area contributed by atoms with Gasteiger partial charge in [-0.1, -0.05) is 18.2 Å². The van der Waals surface area contributed by atoms with E-state index in [1.807, 2.05) is 4.90 Å². The number of primary amides is 1. The normalized spacial score (nSPS) is 17.2. The third-order valence-corrected chi connectivity index (χ3v) is 6.09. The molecular weight excluding hydrogens is 403 g/mol. The van der Waals surface area contributed by atoms with Crippen molar-refractivity contribution in [2.24, 2.45) is 5.73 Å². The van der Waals surface area contributed by atoms with Crippen molar-refractivity contribution in [2.75, 3.05) is 11.3 Å². The quantitative estimate of drug-likeness (QED) is 0.517. The van der Waals surface area contributed by atoms with E-state index < -0.39 is 37.3 Å². The summed E-state index contributed by atoms with van der Waals surface area (Å²) in [4.78, 5) is 22.7. The van der Waals surface area contributed by atoms with E-state index in [0.29, 0.717) is 19.5 Å². The summed E-state index contributed by atoms with van der Waals surface area (Å²) in [6.07, 6.45) is 1.51. The minimum absolute atomic E-state index is 0.163. The number of sulfonamides is 1. The van der Waals surface area contributed by atoms with Gasteiger partial charge in [0.15, 0.2) is 4.90 Å². The zero-order valence-corrected chi connectivity index (χ0v) is 16.1. The van der Waals surface area contributed by atoms with Crippen molar-refractivity contribution in [1.82, 2.24) is 4.90 Å². The van der Waals surface area contributed by atoms with Crippen LogP contribution in [0.2, 0.25) is 0 Å². The molecule has 11 heteroatoms. The molecule has 9 nitrogen and oxygen atoms in total. The number of nitro benzene ring substituents is 1. The minimum atomic E-state index is -4.40. The first-order valence-corrected chi connectivity index (χ1v) is 10.3. The van der Waals surface area contributed by atoms with E-state index in [1.165, 1.54) is 6.07 Å². The Balaban J connectivity index is 1.84. The summed E-state index contributed by atoms with van der Waals surface area (Å²) >= 11 is 0. The highest BCUT2D eigenvalue weighted by molar-refractivity contribution is 7.92. The maximum atomic E-state index is 13.8. The van der Waals surface area contributed by atoms with Gasteiger partial charge in [0.25, 0.3) is 10.0 Å². The SMILES string of the molecule is NC(=O)[C@@H]1CCCN1Cc1cccc(NS(=O)(=O)c2cccc(F)c2[N+](=O)[O-])c1. The Labute approximate surface area is 166 Å². The van der Waals surface area contributed by atoms with Crippen LogP contribution >= 0.6 is 0 Å². The number of hydrogen-bond donors (Lipinski definition) is 2. The van der Waals surface area contributed by atoms with Crippen LogP contribution < -0.4 is 10.5 Å².